The molecule has 0 radical (unpaired) electrons. The molecule has 0 spiro atoms. The molecule has 21 heavy (non-hydrogen) atoms. The number of aromatic nitrogens is 3. The highest BCUT2D eigenvalue weighted by atomic mass is 32.2. The monoisotopic (exact) mass is 310 g/mol. The number of benzene rings is 1. The maximum Gasteiger partial charge on any atom is 0.243 e. The summed E-state index contributed by atoms with van der Waals surface area (Å²) in [6, 6.07) is 3.85. The van der Waals surface area contributed by atoms with Crippen molar-refractivity contribution in [3.05, 3.63) is 36.7 Å². The molecule has 0 bridgehead atoms. The predicted octanol–water partition coefficient (Wildman–Crippen LogP) is 1.58. The first-order valence-electron chi connectivity index (χ1n) is 6.74. The SMILES string of the molecule is O=S(=O)(c1ccc(-n2cncn2)c(F)c1)N1CCCCC1. The molecule has 0 N–H and O–H groups in total. The Morgan fingerprint density at radius 2 is 1.90 bits per heavy atom. The van der Waals surface area contributed by atoms with Crippen LogP contribution in [0, 0.1) is 5.82 Å². The van der Waals surface area contributed by atoms with Gasteiger partial charge in [-0.2, -0.15) is 9.40 Å². The summed E-state index contributed by atoms with van der Waals surface area (Å²) in [5, 5.41) is 3.83. The standard InChI is InChI=1S/C13H15FN4O2S/c14-12-8-11(4-5-13(12)18-10-15-9-16-18)21(19,20)17-6-2-1-3-7-17/h4-5,8-10H,1-3,6-7H2. The van der Waals surface area contributed by atoms with Crippen molar-refractivity contribution in [3.8, 4) is 5.69 Å². The number of nitrogens with zero attached hydrogens (tertiary/aromatic N) is 4. The average molecular weight is 310 g/mol. The molecule has 0 aliphatic carbocycles. The Hall–Kier alpha value is -1.80. The molecule has 0 amide bonds. The summed E-state index contributed by atoms with van der Waals surface area (Å²) in [6.07, 6.45) is 5.37. The van der Waals surface area contributed by atoms with Gasteiger partial charge in [0.1, 0.15) is 24.2 Å². The van der Waals surface area contributed by atoms with Gasteiger partial charge in [0.2, 0.25) is 10.0 Å². The molecular weight excluding hydrogens is 295 g/mol. The molecule has 1 aromatic heterocycles. The molecule has 6 nitrogen and oxygen atoms in total. The van der Waals surface area contributed by atoms with E-state index in [4.69, 9.17) is 0 Å². The Morgan fingerprint density at radius 1 is 1.14 bits per heavy atom. The molecule has 0 saturated carbocycles. The van der Waals surface area contributed by atoms with E-state index < -0.39 is 15.8 Å². The molecule has 2 heterocycles. The molecule has 3 rings (SSSR count). The summed E-state index contributed by atoms with van der Waals surface area (Å²) < 4.78 is 41.7. The lowest BCUT2D eigenvalue weighted by molar-refractivity contribution is 0.346. The van der Waals surface area contributed by atoms with Crippen LogP contribution in [0.15, 0.2) is 35.7 Å². The van der Waals surface area contributed by atoms with E-state index in [1.165, 1.54) is 33.8 Å². The molecular formula is C13H15FN4O2S. The van der Waals surface area contributed by atoms with Crippen LogP contribution in [0.3, 0.4) is 0 Å². The van der Waals surface area contributed by atoms with Crippen molar-refractivity contribution >= 4 is 10.0 Å². The minimum Gasteiger partial charge on any atom is -0.223 e. The predicted molar refractivity (Wildman–Crippen MR) is 73.9 cm³/mol. The lowest BCUT2D eigenvalue weighted by Crippen LogP contribution is -2.35. The Balaban J connectivity index is 1.94. The second-order valence-electron chi connectivity index (χ2n) is 4.92. The van der Waals surface area contributed by atoms with E-state index in [0.29, 0.717) is 13.1 Å². The van der Waals surface area contributed by atoms with Crippen LogP contribution >= 0.6 is 0 Å². The molecule has 1 aliphatic heterocycles. The number of sulfonamides is 1. The zero-order valence-electron chi connectivity index (χ0n) is 11.3. The fourth-order valence-corrected chi connectivity index (χ4v) is 3.95. The Bertz CT molecular complexity index is 725. The molecule has 1 fully saturated rings. The smallest absolute Gasteiger partial charge is 0.223 e. The number of rotatable bonds is 3. The quantitative estimate of drug-likeness (QED) is 0.863. The second-order valence-corrected chi connectivity index (χ2v) is 6.86. The van der Waals surface area contributed by atoms with Gasteiger partial charge in [-0.3, -0.25) is 0 Å². The highest BCUT2D eigenvalue weighted by Gasteiger charge is 2.26. The first-order chi connectivity index (χ1) is 10.1. The summed E-state index contributed by atoms with van der Waals surface area (Å²) in [7, 11) is -3.62. The van der Waals surface area contributed by atoms with Crippen LogP contribution in [0.4, 0.5) is 4.39 Å². The third kappa shape index (κ3) is 2.68. The summed E-state index contributed by atoms with van der Waals surface area (Å²) in [6.45, 7) is 0.990. The highest BCUT2D eigenvalue weighted by Crippen LogP contribution is 2.23. The summed E-state index contributed by atoms with van der Waals surface area (Å²) in [5.74, 6) is -0.640. The highest BCUT2D eigenvalue weighted by molar-refractivity contribution is 7.89. The zero-order chi connectivity index (χ0) is 14.9. The van der Waals surface area contributed by atoms with E-state index in [1.54, 1.807) is 0 Å². The molecule has 0 unspecified atom stereocenters. The van der Waals surface area contributed by atoms with Crippen molar-refractivity contribution in [2.75, 3.05) is 13.1 Å². The third-order valence-corrected chi connectivity index (χ3v) is 5.43. The van der Waals surface area contributed by atoms with Gasteiger partial charge in [0.15, 0.2) is 0 Å². The van der Waals surface area contributed by atoms with Crippen LogP contribution in [-0.2, 0) is 10.0 Å². The van der Waals surface area contributed by atoms with Crippen molar-refractivity contribution in [2.45, 2.75) is 24.2 Å². The maximum atomic E-state index is 14.1. The average Bonchev–Trinajstić information content (AvgIpc) is 3.02. The van der Waals surface area contributed by atoms with Gasteiger partial charge in [-0.05, 0) is 31.0 Å². The normalized spacial score (nSPS) is 17.0. The Labute approximate surface area is 122 Å². The summed E-state index contributed by atoms with van der Waals surface area (Å²) >= 11 is 0. The lowest BCUT2D eigenvalue weighted by Gasteiger charge is -2.25. The third-order valence-electron chi connectivity index (χ3n) is 3.54. The van der Waals surface area contributed by atoms with Gasteiger partial charge >= 0.3 is 0 Å². The molecule has 1 aliphatic rings. The molecule has 1 saturated heterocycles. The van der Waals surface area contributed by atoms with Crippen molar-refractivity contribution < 1.29 is 12.8 Å². The van der Waals surface area contributed by atoms with Crippen molar-refractivity contribution in [1.82, 2.24) is 19.1 Å². The van der Waals surface area contributed by atoms with Gasteiger partial charge in [0.05, 0.1) is 4.90 Å². The molecule has 2 aromatic rings. The molecule has 112 valence electrons. The number of piperidine rings is 1. The largest absolute Gasteiger partial charge is 0.243 e. The first kappa shape index (κ1) is 14.2. The first-order valence-corrected chi connectivity index (χ1v) is 8.18. The zero-order valence-corrected chi connectivity index (χ0v) is 12.1. The van der Waals surface area contributed by atoms with Crippen LogP contribution in [0.2, 0.25) is 0 Å². The number of halogens is 1. The Kier molecular flexibility index (Phi) is 3.73. The minimum atomic E-state index is -3.62. The van der Waals surface area contributed by atoms with Crippen LogP contribution < -0.4 is 0 Å². The van der Waals surface area contributed by atoms with Crippen LogP contribution in [0.25, 0.3) is 5.69 Å². The van der Waals surface area contributed by atoms with Gasteiger partial charge in [0.25, 0.3) is 0 Å². The van der Waals surface area contributed by atoms with Gasteiger partial charge in [-0.25, -0.2) is 22.5 Å². The van der Waals surface area contributed by atoms with Crippen molar-refractivity contribution in [2.24, 2.45) is 0 Å². The van der Waals surface area contributed by atoms with Gasteiger partial charge in [0, 0.05) is 13.1 Å². The van der Waals surface area contributed by atoms with Gasteiger partial charge in [-0.15, -0.1) is 0 Å². The second kappa shape index (κ2) is 5.53. The maximum absolute atomic E-state index is 14.1. The van der Waals surface area contributed by atoms with Gasteiger partial charge in [-0.1, -0.05) is 6.42 Å². The van der Waals surface area contributed by atoms with Crippen molar-refractivity contribution in [3.63, 3.8) is 0 Å². The Morgan fingerprint density at radius 3 is 2.52 bits per heavy atom. The topological polar surface area (TPSA) is 68.1 Å². The van der Waals surface area contributed by atoms with E-state index in [1.807, 2.05) is 0 Å². The fraction of sp³-hybridized carbons (Fsp3) is 0.385. The van der Waals surface area contributed by atoms with Crippen LogP contribution in [0.1, 0.15) is 19.3 Å². The summed E-state index contributed by atoms with van der Waals surface area (Å²) in [4.78, 5) is 3.72. The van der Waals surface area contributed by atoms with Crippen molar-refractivity contribution in [1.29, 1.82) is 0 Å². The van der Waals surface area contributed by atoms with Crippen LogP contribution in [0.5, 0.6) is 0 Å². The molecule has 8 heteroatoms. The minimum absolute atomic E-state index is 0.0224. The number of hydrogen-bond donors (Lipinski definition) is 0. The van der Waals surface area contributed by atoms with E-state index in [2.05, 4.69) is 10.1 Å². The van der Waals surface area contributed by atoms with E-state index >= 15 is 0 Å². The van der Waals surface area contributed by atoms with E-state index in [0.717, 1.165) is 25.3 Å². The number of hydrogen-bond acceptors (Lipinski definition) is 4. The molecule has 1 aromatic carbocycles. The van der Waals surface area contributed by atoms with E-state index in [-0.39, 0.29) is 10.6 Å². The fourth-order valence-electron chi connectivity index (χ4n) is 2.42. The van der Waals surface area contributed by atoms with Crippen LogP contribution in [-0.4, -0.2) is 40.6 Å². The van der Waals surface area contributed by atoms with Gasteiger partial charge < -0.3 is 0 Å². The molecule has 0 atom stereocenters. The van der Waals surface area contributed by atoms with E-state index in [9.17, 15) is 12.8 Å². The summed E-state index contributed by atoms with van der Waals surface area (Å²) in [5.41, 5.74) is 0.171. The lowest BCUT2D eigenvalue weighted by atomic mass is 10.2.